The highest BCUT2D eigenvalue weighted by Crippen LogP contribution is 2.17. The molecule has 1 saturated heterocycles. The number of carbonyl (C=O) groups is 2. The number of quaternary nitrogens is 1. The number of anilines is 1. The zero-order chi connectivity index (χ0) is 19.8. The number of nitrogens with zero attached hydrogens (tertiary/aromatic N) is 1. The van der Waals surface area contributed by atoms with Crippen LogP contribution in [0.5, 0.6) is 0 Å². The predicted octanol–water partition coefficient (Wildman–Crippen LogP) is 0.751. The Kier molecular flexibility index (Phi) is 8.10. The molecule has 0 unspecified atom stereocenters. The van der Waals surface area contributed by atoms with Gasteiger partial charge in [0.05, 0.1) is 19.6 Å². The Labute approximate surface area is 163 Å². The van der Waals surface area contributed by atoms with Gasteiger partial charge in [-0.15, -0.1) is 0 Å². The summed E-state index contributed by atoms with van der Waals surface area (Å²) in [5.74, 6) is -0.567. The maximum Gasteiger partial charge on any atom is 0.309 e. The third-order valence-corrected chi connectivity index (χ3v) is 5.23. The van der Waals surface area contributed by atoms with E-state index in [1.165, 1.54) is 23.3 Å². The fourth-order valence-corrected chi connectivity index (χ4v) is 3.51. The Hall–Kier alpha value is -2.08. The summed E-state index contributed by atoms with van der Waals surface area (Å²) in [5.41, 5.74) is 2.36. The molecule has 1 aliphatic heterocycles. The van der Waals surface area contributed by atoms with Crippen molar-refractivity contribution >= 4 is 17.5 Å². The summed E-state index contributed by atoms with van der Waals surface area (Å²) < 4.78 is 0. The molecule has 27 heavy (non-hydrogen) atoms. The van der Waals surface area contributed by atoms with Gasteiger partial charge in [-0.25, -0.2) is 0 Å². The van der Waals surface area contributed by atoms with E-state index in [4.69, 9.17) is 0 Å². The summed E-state index contributed by atoms with van der Waals surface area (Å²) in [6.07, 6.45) is 3.30. The number of likely N-dealkylation sites (tertiary alicyclic amines) is 1. The van der Waals surface area contributed by atoms with Crippen LogP contribution in [0.15, 0.2) is 24.3 Å². The highest BCUT2D eigenvalue weighted by atomic mass is 16.2. The molecule has 2 amide bonds. The van der Waals surface area contributed by atoms with E-state index in [-0.39, 0.29) is 6.04 Å². The lowest BCUT2D eigenvalue weighted by molar-refractivity contribution is -0.918. The number of amides is 2. The topological polar surface area (TPSA) is 65.9 Å². The summed E-state index contributed by atoms with van der Waals surface area (Å²) in [7, 11) is 4.05. The minimum Gasteiger partial charge on any atom is -0.378 e. The number of hydrogen-bond donors (Lipinski definition) is 3. The van der Waals surface area contributed by atoms with Crippen molar-refractivity contribution in [2.24, 2.45) is 5.92 Å². The molecule has 0 spiro atoms. The van der Waals surface area contributed by atoms with Gasteiger partial charge >= 0.3 is 11.8 Å². The number of benzene rings is 1. The molecule has 1 aliphatic rings. The summed E-state index contributed by atoms with van der Waals surface area (Å²) in [4.78, 5) is 27.7. The van der Waals surface area contributed by atoms with Crippen LogP contribution in [0.2, 0.25) is 0 Å². The Bertz CT molecular complexity index is 607. The summed E-state index contributed by atoms with van der Waals surface area (Å²) in [6, 6.07) is 8.67. The zero-order valence-electron chi connectivity index (χ0n) is 17.2. The van der Waals surface area contributed by atoms with Crippen LogP contribution in [-0.2, 0) is 9.59 Å². The second-order valence-corrected chi connectivity index (χ2v) is 8.05. The Balaban J connectivity index is 1.96. The molecule has 1 atom stereocenters. The molecule has 0 radical (unpaired) electrons. The first-order valence-electron chi connectivity index (χ1n) is 10.1. The Morgan fingerprint density at radius 3 is 2.19 bits per heavy atom. The van der Waals surface area contributed by atoms with E-state index < -0.39 is 11.8 Å². The fourth-order valence-electron chi connectivity index (χ4n) is 3.51. The van der Waals surface area contributed by atoms with E-state index in [2.05, 4.69) is 53.6 Å². The van der Waals surface area contributed by atoms with E-state index in [0.29, 0.717) is 19.0 Å². The lowest BCUT2D eigenvalue weighted by Gasteiger charge is -2.25. The Morgan fingerprint density at radius 1 is 1.04 bits per heavy atom. The molecule has 2 rings (SSSR count). The highest BCUT2D eigenvalue weighted by Gasteiger charge is 2.28. The van der Waals surface area contributed by atoms with Crippen LogP contribution in [0.3, 0.4) is 0 Å². The van der Waals surface area contributed by atoms with Gasteiger partial charge in [0.15, 0.2) is 0 Å². The second-order valence-electron chi connectivity index (χ2n) is 8.05. The van der Waals surface area contributed by atoms with Crippen molar-refractivity contribution < 1.29 is 14.5 Å². The van der Waals surface area contributed by atoms with Gasteiger partial charge in [0, 0.05) is 44.7 Å². The predicted molar refractivity (Wildman–Crippen MR) is 109 cm³/mol. The van der Waals surface area contributed by atoms with E-state index in [1.807, 2.05) is 14.1 Å². The van der Waals surface area contributed by atoms with Gasteiger partial charge in [-0.1, -0.05) is 26.0 Å². The van der Waals surface area contributed by atoms with Crippen LogP contribution in [-0.4, -0.2) is 52.1 Å². The first kappa shape index (κ1) is 21.2. The third-order valence-electron chi connectivity index (χ3n) is 5.23. The lowest BCUT2D eigenvalue weighted by Crippen LogP contribution is -3.11. The number of nitrogens with one attached hydrogen (secondary N) is 3. The molecule has 0 saturated carbocycles. The molecule has 6 heteroatoms. The van der Waals surface area contributed by atoms with Crippen molar-refractivity contribution in [3.63, 3.8) is 0 Å². The fraction of sp³-hybridized carbons (Fsp3) is 0.619. The van der Waals surface area contributed by atoms with E-state index in [1.54, 1.807) is 0 Å². The first-order valence-corrected chi connectivity index (χ1v) is 10.1. The van der Waals surface area contributed by atoms with Crippen LogP contribution >= 0.6 is 0 Å². The molecule has 1 aromatic carbocycles. The molecule has 0 bridgehead atoms. The maximum atomic E-state index is 12.2. The van der Waals surface area contributed by atoms with Crippen molar-refractivity contribution in [3.05, 3.63) is 29.8 Å². The van der Waals surface area contributed by atoms with Gasteiger partial charge in [0.2, 0.25) is 0 Å². The van der Waals surface area contributed by atoms with Crippen LogP contribution in [0.25, 0.3) is 0 Å². The van der Waals surface area contributed by atoms with Crippen molar-refractivity contribution in [2.75, 3.05) is 45.2 Å². The monoisotopic (exact) mass is 375 g/mol. The van der Waals surface area contributed by atoms with Crippen LogP contribution in [0.4, 0.5) is 5.69 Å². The minimum atomic E-state index is -0.535. The van der Waals surface area contributed by atoms with Gasteiger partial charge in [0.25, 0.3) is 0 Å². The van der Waals surface area contributed by atoms with Crippen molar-refractivity contribution in [1.82, 2.24) is 10.6 Å². The molecule has 1 fully saturated rings. The molecule has 0 aliphatic carbocycles. The van der Waals surface area contributed by atoms with Crippen molar-refractivity contribution in [3.8, 4) is 0 Å². The maximum absolute atomic E-state index is 12.2. The molecule has 0 aromatic heterocycles. The molecule has 3 N–H and O–H groups in total. The average Bonchev–Trinajstić information content (AvgIpc) is 3.16. The second kappa shape index (κ2) is 10.3. The molecule has 1 aromatic rings. The van der Waals surface area contributed by atoms with Gasteiger partial charge in [0.1, 0.15) is 6.04 Å². The smallest absolute Gasteiger partial charge is 0.309 e. The standard InChI is InChI=1S/C21H34N4O2/c1-16(2)11-12-22-20(26)21(27)23-15-19(25-13-5-6-14-25)17-7-9-18(10-8-17)24(3)4/h7-10,16,19H,5-6,11-15H2,1-4H3,(H,22,26)(H,23,27)/p+1/t19-/m1/s1. The molecular weight excluding hydrogens is 340 g/mol. The van der Waals surface area contributed by atoms with Gasteiger partial charge in [-0.2, -0.15) is 0 Å². The van der Waals surface area contributed by atoms with Crippen LogP contribution < -0.4 is 20.4 Å². The average molecular weight is 376 g/mol. The first-order chi connectivity index (χ1) is 12.9. The molecule has 150 valence electrons. The quantitative estimate of drug-likeness (QED) is 0.588. The third kappa shape index (κ3) is 6.54. The van der Waals surface area contributed by atoms with E-state index >= 15 is 0 Å². The van der Waals surface area contributed by atoms with Gasteiger partial charge in [-0.05, 0) is 24.5 Å². The molecular formula is C21H35N4O2+. The largest absolute Gasteiger partial charge is 0.378 e. The molecule has 1 heterocycles. The van der Waals surface area contributed by atoms with Gasteiger partial charge < -0.3 is 20.4 Å². The summed E-state index contributed by atoms with van der Waals surface area (Å²) in [5, 5.41) is 5.55. The lowest BCUT2D eigenvalue weighted by atomic mass is 10.0. The van der Waals surface area contributed by atoms with E-state index in [9.17, 15) is 9.59 Å². The summed E-state index contributed by atoms with van der Waals surface area (Å²) >= 11 is 0. The minimum absolute atomic E-state index is 0.177. The number of hydrogen-bond acceptors (Lipinski definition) is 3. The Morgan fingerprint density at radius 2 is 1.63 bits per heavy atom. The summed E-state index contributed by atoms with van der Waals surface area (Å²) in [6.45, 7) is 7.42. The number of rotatable bonds is 8. The van der Waals surface area contributed by atoms with E-state index in [0.717, 1.165) is 25.2 Å². The van der Waals surface area contributed by atoms with Crippen molar-refractivity contribution in [1.29, 1.82) is 0 Å². The van der Waals surface area contributed by atoms with Crippen LogP contribution in [0.1, 0.15) is 44.7 Å². The SMILES string of the molecule is CC(C)CCNC(=O)C(=O)NC[C@H](c1ccc(N(C)C)cc1)[NH+]1CCCC1. The molecule has 6 nitrogen and oxygen atoms in total. The zero-order valence-corrected chi connectivity index (χ0v) is 17.2. The van der Waals surface area contributed by atoms with Crippen LogP contribution in [0, 0.1) is 5.92 Å². The number of carbonyl (C=O) groups excluding carboxylic acids is 2. The highest BCUT2D eigenvalue weighted by molar-refractivity contribution is 6.35. The normalized spacial score (nSPS) is 15.6. The van der Waals surface area contributed by atoms with Crippen molar-refractivity contribution in [2.45, 2.75) is 39.2 Å². The van der Waals surface area contributed by atoms with Gasteiger partial charge in [-0.3, -0.25) is 9.59 Å².